The Kier molecular flexibility index (Phi) is 2.22. The van der Waals surface area contributed by atoms with Crippen LogP contribution in [0.15, 0.2) is 12.1 Å². The molecule has 3 rings (SSSR count). The Morgan fingerprint density at radius 2 is 2.20 bits per heavy atom. The van der Waals surface area contributed by atoms with E-state index in [1.54, 1.807) is 6.07 Å². The largest absolute Gasteiger partial charge is 0.316 e. The summed E-state index contributed by atoms with van der Waals surface area (Å²) in [5, 5.41) is 3.69. The van der Waals surface area contributed by atoms with Gasteiger partial charge in [0.1, 0.15) is 5.82 Å². The first-order valence-electron chi connectivity index (χ1n) is 5.42. The zero-order valence-electron chi connectivity index (χ0n) is 8.39. The molecule has 1 aromatic carbocycles. The smallest absolute Gasteiger partial charge is 0.142 e. The molecule has 2 unspecified atom stereocenters. The van der Waals surface area contributed by atoms with Crippen molar-refractivity contribution in [3.05, 3.63) is 34.1 Å². The van der Waals surface area contributed by atoms with E-state index in [-0.39, 0.29) is 10.8 Å². The highest BCUT2D eigenvalue weighted by Gasteiger charge is 2.30. The minimum Gasteiger partial charge on any atom is -0.316 e. The van der Waals surface area contributed by atoms with Gasteiger partial charge in [-0.1, -0.05) is 11.6 Å². The van der Waals surface area contributed by atoms with E-state index < -0.39 is 0 Å². The van der Waals surface area contributed by atoms with Gasteiger partial charge in [0, 0.05) is 6.54 Å². The molecule has 1 saturated heterocycles. The Hall–Kier alpha value is -0.600. The number of fused-ring (bicyclic) bond motifs is 4. The molecule has 1 aliphatic carbocycles. The Bertz CT molecular complexity index is 405. The third-order valence-electron chi connectivity index (χ3n) is 3.57. The van der Waals surface area contributed by atoms with Gasteiger partial charge >= 0.3 is 0 Å². The van der Waals surface area contributed by atoms with Crippen molar-refractivity contribution in [1.29, 1.82) is 0 Å². The fourth-order valence-electron chi connectivity index (χ4n) is 2.89. The number of rotatable bonds is 0. The average molecular weight is 226 g/mol. The number of hydrogen-bond acceptors (Lipinski definition) is 1. The van der Waals surface area contributed by atoms with Crippen molar-refractivity contribution in [3.63, 3.8) is 0 Å². The highest BCUT2D eigenvalue weighted by atomic mass is 35.5. The van der Waals surface area contributed by atoms with Crippen LogP contribution in [0, 0.1) is 11.7 Å². The van der Waals surface area contributed by atoms with E-state index in [4.69, 9.17) is 11.6 Å². The molecule has 0 radical (unpaired) electrons. The molecular formula is C12H13ClFN. The fraction of sp³-hybridized carbons (Fsp3) is 0.500. The molecule has 1 fully saturated rings. The van der Waals surface area contributed by atoms with Crippen LogP contribution in [0.4, 0.5) is 4.39 Å². The van der Waals surface area contributed by atoms with Crippen LogP contribution < -0.4 is 5.32 Å². The van der Waals surface area contributed by atoms with Gasteiger partial charge in [0.25, 0.3) is 0 Å². The molecule has 15 heavy (non-hydrogen) atoms. The highest BCUT2D eigenvalue weighted by molar-refractivity contribution is 6.30. The standard InChI is InChI=1S/C12H13ClFN/c13-11-4-10-8(3-12(11)14)1-7-2-9(10)6-15-5-7/h3-4,7,9,15H,1-2,5-6H2. The number of piperidine rings is 1. The van der Waals surface area contributed by atoms with Crippen molar-refractivity contribution in [1.82, 2.24) is 5.32 Å². The summed E-state index contributed by atoms with van der Waals surface area (Å²) in [6.45, 7) is 2.08. The molecule has 0 saturated carbocycles. The number of halogens is 2. The minimum atomic E-state index is -0.275. The zero-order chi connectivity index (χ0) is 10.4. The lowest BCUT2D eigenvalue weighted by Gasteiger charge is -2.36. The summed E-state index contributed by atoms with van der Waals surface area (Å²) in [6.07, 6.45) is 2.22. The Morgan fingerprint density at radius 1 is 1.33 bits per heavy atom. The molecule has 2 aliphatic rings. The molecule has 1 N–H and O–H groups in total. The van der Waals surface area contributed by atoms with Crippen LogP contribution >= 0.6 is 11.6 Å². The van der Waals surface area contributed by atoms with Crippen LogP contribution in [0.1, 0.15) is 23.5 Å². The van der Waals surface area contributed by atoms with Crippen molar-refractivity contribution in [2.24, 2.45) is 5.92 Å². The minimum absolute atomic E-state index is 0.262. The lowest BCUT2D eigenvalue weighted by Crippen LogP contribution is -2.39. The van der Waals surface area contributed by atoms with E-state index in [1.807, 2.05) is 6.07 Å². The van der Waals surface area contributed by atoms with Gasteiger partial charge in [-0.15, -0.1) is 0 Å². The third-order valence-corrected chi connectivity index (χ3v) is 3.86. The maximum atomic E-state index is 13.3. The van der Waals surface area contributed by atoms with E-state index in [0.717, 1.165) is 19.5 Å². The predicted octanol–water partition coefficient (Wildman–Crippen LogP) is 2.73. The van der Waals surface area contributed by atoms with Crippen LogP contribution in [-0.4, -0.2) is 13.1 Å². The second kappa shape index (κ2) is 3.46. The summed E-state index contributed by atoms with van der Waals surface area (Å²) in [5.74, 6) is 0.936. The fourth-order valence-corrected chi connectivity index (χ4v) is 3.07. The van der Waals surface area contributed by atoms with Crippen molar-refractivity contribution in [2.75, 3.05) is 13.1 Å². The summed E-state index contributed by atoms with van der Waals surface area (Å²) in [7, 11) is 0. The van der Waals surface area contributed by atoms with Crippen LogP contribution in [0.25, 0.3) is 0 Å². The normalized spacial score (nSPS) is 28.7. The van der Waals surface area contributed by atoms with Gasteiger partial charge in [-0.25, -0.2) is 4.39 Å². The van der Waals surface area contributed by atoms with Crippen molar-refractivity contribution >= 4 is 11.6 Å². The van der Waals surface area contributed by atoms with Crippen molar-refractivity contribution < 1.29 is 4.39 Å². The predicted molar refractivity (Wildman–Crippen MR) is 58.8 cm³/mol. The summed E-state index contributed by atoms with van der Waals surface area (Å²) in [4.78, 5) is 0. The van der Waals surface area contributed by atoms with Gasteiger partial charge in [0.05, 0.1) is 5.02 Å². The molecule has 2 atom stereocenters. The topological polar surface area (TPSA) is 12.0 Å². The number of nitrogens with one attached hydrogen (secondary N) is 1. The lowest BCUT2D eigenvalue weighted by molar-refractivity contribution is 0.317. The SMILES string of the molecule is Fc1cc2c(cc1Cl)C1CNCC(C2)C1. The molecule has 1 nitrogen and oxygen atoms in total. The van der Waals surface area contributed by atoms with E-state index in [0.29, 0.717) is 11.8 Å². The molecule has 1 aromatic rings. The second-order valence-electron chi connectivity index (χ2n) is 4.63. The molecule has 1 aliphatic heterocycles. The quantitative estimate of drug-likeness (QED) is 0.716. The Morgan fingerprint density at radius 3 is 3.07 bits per heavy atom. The first kappa shape index (κ1) is 9.61. The number of benzene rings is 1. The Labute approximate surface area is 93.6 Å². The van der Waals surface area contributed by atoms with E-state index in [1.165, 1.54) is 17.5 Å². The van der Waals surface area contributed by atoms with Crippen molar-refractivity contribution in [3.8, 4) is 0 Å². The van der Waals surface area contributed by atoms with Crippen molar-refractivity contribution in [2.45, 2.75) is 18.8 Å². The zero-order valence-corrected chi connectivity index (χ0v) is 9.15. The van der Waals surface area contributed by atoms with Gasteiger partial charge in [0.2, 0.25) is 0 Å². The summed E-state index contributed by atoms with van der Waals surface area (Å²) >= 11 is 5.83. The lowest BCUT2D eigenvalue weighted by atomic mass is 9.74. The monoisotopic (exact) mass is 225 g/mol. The van der Waals surface area contributed by atoms with Crippen LogP contribution in [0.5, 0.6) is 0 Å². The van der Waals surface area contributed by atoms with Gasteiger partial charge < -0.3 is 5.32 Å². The molecule has 2 bridgehead atoms. The van der Waals surface area contributed by atoms with Gasteiger partial charge in [0.15, 0.2) is 0 Å². The average Bonchev–Trinajstić information content (AvgIpc) is 2.22. The Balaban J connectivity index is 2.09. The molecule has 0 amide bonds. The van der Waals surface area contributed by atoms with E-state index in [9.17, 15) is 4.39 Å². The van der Waals surface area contributed by atoms with Gasteiger partial charge in [-0.05, 0) is 54.5 Å². The molecule has 1 heterocycles. The van der Waals surface area contributed by atoms with Gasteiger partial charge in [-0.3, -0.25) is 0 Å². The first-order chi connectivity index (χ1) is 7.24. The van der Waals surface area contributed by atoms with Crippen LogP contribution in [-0.2, 0) is 6.42 Å². The van der Waals surface area contributed by atoms with Crippen LogP contribution in [0.3, 0.4) is 0 Å². The first-order valence-corrected chi connectivity index (χ1v) is 5.80. The molecule has 80 valence electrons. The summed E-state index contributed by atoms with van der Waals surface area (Å²) in [6, 6.07) is 3.45. The molecular weight excluding hydrogens is 213 g/mol. The van der Waals surface area contributed by atoms with Gasteiger partial charge in [-0.2, -0.15) is 0 Å². The molecule has 0 spiro atoms. The highest BCUT2D eigenvalue weighted by Crippen LogP contribution is 2.38. The summed E-state index contributed by atoms with van der Waals surface area (Å²) in [5.41, 5.74) is 2.42. The summed E-state index contributed by atoms with van der Waals surface area (Å²) < 4.78 is 13.3. The maximum absolute atomic E-state index is 13.3. The molecule has 0 aromatic heterocycles. The number of hydrogen-bond donors (Lipinski definition) is 1. The third kappa shape index (κ3) is 1.56. The van der Waals surface area contributed by atoms with Crippen LogP contribution in [0.2, 0.25) is 5.02 Å². The maximum Gasteiger partial charge on any atom is 0.142 e. The second-order valence-corrected chi connectivity index (χ2v) is 5.03. The van der Waals surface area contributed by atoms with E-state index >= 15 is 0 Å². The van der Waals surface area contributed by atoms with E-state index in [2.05, 4.69) is 5.32 Å². The molecule has 3 heteroatoms.